The van der Waals surface area contributed by atoms with Gasteiger partial charge in [-0.1, -0.05) is 0 Å². The summed E-state index contributed by atoms with van der Waals surface area (Å²) in [7, 11) is 5.20. The highest BCUT2D eigenvalue weighted by Crippen LogP contribution is 2.08. The van der Waals surface area contributed by atoms with Gasteiger partial charge in [0.1, 0.15) is 0 Å². The summed E-state index contributed by atoms with van der Waals surface area (Å²) >= 11 is 0. The molecule has 1 unspecified atom stereocenters. The zero-order valence-corrected chi connectivity index (χ0v) is 2.86. The second-order valence-electron chi connectivity index (χ2n) is 1.13. The summed E-state index contributed by atoms with van der Waals surface area (Å²) in [5.41, 5.74) is 0. The Morgan fingerprint density at radius 1 is 1.80 bits per heavy atom. The van der Waals surface area contributed by atoms with Crippen molar-refractivity contribution in [2.75, 3.05) is 0 Å². The Kier molecular flexibility index (Phi) is 0.449. The van der Waals surface area contributed by atoms with Crippen molar-refractivity contribution in [3.8, 4) is 11.8 Å². The van der Waals surface area contributed by atoms with Gasteiger partial charge in [-0.25, -0.2) is 0 Å². The lowest BCUT2D eigenvalue weighted by Crippen LogP contribution is -1.92. The van der Waals surface area contributed by atoms with E-state index in [4.69, 9.17) is 7.85 Å². The van der Waals surface area contributed by atoms with E-state index in [1.807, 2.05) is 0 Å². The van der Waals surface area contributed by atoms with Crippen molar-refractivity contribution in [1.29, 1.82) is 0 Å². The van der Waals surface area contributed by atoms with Gasteiger partial charge >= 0.3 is 0 Å². The molecule has 0 spiro atoms. The van der Waals surface area contributed by atoms with E-state index in [9.17, 15) is 0 Å². The molecule has 2 radical (unpaired) electrons. The van der Waals surface area contributed by atoms with Gasteiger partial charge in [-0.05, 0) is 5.82 Å². The zero-order chi connectivity index (χ0) is 3.70. The lowest BCUT2D eigenvalue weighted by molar-refractivity contribution is 1.05. The van der Waals surface area contributed by atoms with Gasteiger partial charge in [0.25, 0.3) is 0 Å². The molecule has 0 aromatic rings. The minimum Gasteiger partial charge on any atom is -0.109 e. The molecule has 0 aliphatic heterocycles. The summed E-state index contributed by atoms with van der Waals surface area (Å²) in [5, 5.41) is 0. The summed E-state index contributed by atoms with van der Waals surface area (Å²) in [6.07, 6.45) is 0.903. The molecule has 0 aromatic carbocycles. The molecule has 0 aromatic heterocycles. The largest absolute Gasteiger partial charge is 0.109 e. The predicted molar refractivity (Wildman–Crippen MR) is 21.9 cm³/mol. The molecule has 22 valence electrons. The van der Waals surface area contributed by atoms with E-state index in [1.165, 1.54) is 0 Å². The molecular formula is C4H3B. The lowest BCUT2D eigenvalue weighted by atomic mass is 9.80. The Morgan fingerprint density at radius 3 is 2.20 bits per heavy atom. The van der Waals surface area contributed by atoms with E-state index in [-0.39, 0.29) is 5.82 Å². The molecule has 1 aliphatic carbocycles. The molecule has 0 fully saturated rings. The Morgan fingerprint density at radius 2 is 2.20 bits per heavy atom. The van der Waals surface area contributed by atoms with Crippen molar-refractivity contribution in [3.63, 3.8) is 0 Å². The van der Waals surface area contributed by atoms with Crippen molar-refractivity contribution in [2.24, 2.45) is 0 Å². The van der Waals surface area contributed by atoms with Crippen LogP contribution in [0.5, 0.6) is 0 Å². The fourth-order valence-corrected chi connectivity index (χ4v) is 0.220. The molecular weight excluding hydrogens is 58.9 g/mol. The summed E-state index contributed by atoms with van der Waals surface area (Å²) < 4.78 is 0. The maximum Gasteiger partial charge on any atom is 0.0888 e. The monoisotopic (exact) mass is 62.0 g/mol. The molecule has 0 amide bonds. The molecule has 0 bridgehead atoms. The smallest absolute Gasteiger partial charge is 0.0888 e. The average Bonchev–Trinajstić information content (AvgIpc) is 1.30. The Bertz CT molecular complexity index is 85.6. The highest BCUT2D eigenvalue weighted by Gasteiger charge is 1.97. The zero-order valence-electron chi connectivity index (χ0n) is 2.86. The van der Waals surface area contributed by atoms with Gasteiger partial charge in [0, 0.05) is 6.42 Å². The first-order chi connectivity index (χ1) is 2.39. The van der Waals surface area contributed by atoms with Crippen LogP contribution >= 0.6 is 0 Å². The summed E-state index contributed by atoms with van der Waals surface area (Å²) in [6, 6.07) is 0. The summed E-state index contributed by atoms with van der Waals surface area (Å²) in [4.78, 5) is 0. The first kappa shape index (κ1) is 2.84. The Labute approximate surface area is 33.0 Å². The van der Waals surface area contributed by atoms with E-state index < -0.39 is 0 Å². The highest BCUT2D eigenvalue weighted by molar-refractivity contribution is 6.14. The van der Waals surface area contributed by atoms with Crippen molar-refractivity contribution in [2.45, 2.75) is 12.2 Å². The van der Waals surface area contributed by atoms with Crippen molar-refractivity contribution < 1.29 is 0 Å². The van der Waals surface area contributed by atoms with E-state index in [2.05, 4.69) is 11.8 Å². The maximum absolute atomic E-state index is 5.20. The Balaban J connectivity index is 2.52. The van der Waals surface area contributed by atoms with Gasteiger partial charge < -0.3 is 0 Å². The SMILES string of the molecule is [B]C1C#CC1. The number of rotatable bonds is 0. The summed E-state index contributed by atoms with van der Waals surface area (Å²) in [5.74, 6) is 5.73. The van der Waals surface area contributed by atoms with Crippen LogP contribution in [0.4, 0.5) is 0 Å². The van der Waals surface area contributed by atoms with Crippen LogP contribution < -0.4 is 0 Å². The molecule has 1 aliphatic rings. The first-order valence-electron chi connectivity index (χ1n) is 1.63. The topological polar surface area (TPSA) is 0 Å². The van der Waals surface area contributed by atoms with Gasteiger partial charge in [-0.15, -0.1) is 11.8 Å². The predicted octanol–water partition coefficient (Wildman–Crippen LogP) is 0.350. The second-order valence-corrected chi connectivity index (χ2v) is 1.13. The molecule has 0 saturated carbocycles. The maximum atomic E-state index is 5.20. The van der Waals surface area contributed by atoms with Crippen molar-refractivity contribution >= 4 is 7.85 Å². The van der Waals surface area contributed by atoms with Crippen LogP contribution in [0.1, 0.15) is 6.42 Å². The normalized spacial score (nSPS) is 30.0. The lowest BCUT2D eigenvalue weighted by Gasteiger charge is -2.01. The van der Waals surface area contributed by atoms with E-state index in [1.54, 1.807) is 0 Å². The Hall–Kier alpha value is -0.375. The average molecular weight is 61.9 g/mol. The fraction of sp³-hybridized carbons (Fsp3) is 0.500. The minimum atomic E-state index is 0.204. The fourth-order valence-electron chi connectivity index (χ4n) is 0.220. The van der Waals surface area contributed by atoms with Gasteiger partial charge in [-0.3, -0.25) is 0 Å². The second kappa shape index (κ2) is 0.789. The highest BCUT2D eigenvalue weighted by atomic mass is 13.9. The van der Waals surface area contributed by atoms with E-state index in [0.717, 1.165) is 6.42 Å². The molecule has 5 heavy (non-hydrogen) atoms. The standard InChI is InChI=1S/C4H3B/c5-4-2-1-3-4/h4H,2H2. The van der Waals surface area contributed by atoms with Crippen LogP contribution in [-0.2, 0) is 0 Å². The molecule has 1 heteroatoms. The third-order valence-electron chi connectivity index (χ3n) is 0.609. The van der Waals surface area contributed by atoms with Crippen LogP contribution in [0.3, 0.4) is 0 Å². The number of hydrogen-bond acceptors (Lipinski definition) is 0. The van der Waals surface area contributed by atoms with Crippen molar-refractivity contribution in [1.82, 2.24) is 0 Å². The third-order valence-corrected chi connectivity index (χ3v) is 0.609. The van der Waals surface area contributed by atoms with E-state index in [0.29, 0.717) is 0 Å². The van der Waals surface area contributed by atoms with Crippen LogP contribution in [0.25, 0.3) is 0 Å². The molecule has 1 rings (SSSR count). The van der Waals surface area contributed by atoms with Gasteiger partial charge in [0.05, 0.1) is 7.85 Å². The van der Waals surface area contributed by atoms with Crippen LogP contribution in [0, 0.1) is 11.8 Å². The summed E-state index contributed by atoms with van der Waals surface area (Å²) in [6.45, 7) is 0. The number of hydrogen-bond donors (Lipinski definition) is 0. The van der Waals surface area contributed by atoms with Gasteiger partial charge in [0.2, 0.25) is 0 Å². The molecule has 1 atom stereocenters. The quantitative estimate of drug-likeness (QED) is 0.280. The minimum absolute atomic E-state index is 0.204. The molecule has 0 heterocycles. The molecule has 0 nitrogen and oxygen atoms in total. The third kappa shape index (κ3) is 0.303. The van der Waals surface area contributed by atoms with Crippen LogP contribution in [0.15, 0.2) is 0 Å². The van der Waals surface area contributed by atoms with Crippen LogP contribution in [-0.4, -0.2) is 7.85 Å². The molecule has 0 saturated heterocycles. The first-order valence-corrected chi connectivity index (χ1v) is 1.63. The molecule has 0 N–H and O–H groups in total. The van der Waals surface area contributed by atoms with Crippen LogP contribution in [0.2, 0.25) is 5.82 Å². The van der Waals surface area contributed by atoms with Gasteiger partial charge in [-0.2, -0.15) is 0 Å². The van der Waals surface area contributed by atoms with Crippen molar-refractivity contribution in [3.05, 3.63) is 0 Å². The van der Waals surface area contributed by atoms with Gasteiger partial charge in [0.15, 0.2) is 0 Å². The van der Waals surface area contributed by atoms with E-state index >= 15 is 0 Å².